The largest absolute Gasteiger partial charge is 0.481 e. The van der Waals surface area contributed by atoms with Crippen LogP contribution in [0.25, 0.3) is 0 Å². The van der Waals surface area contributed by atoms with Gasteiger partial charge in [-0.15, -0.1) is 0 Å². The third-order valence-electron chi connectivity index (χ3n) is 11.4. The van der Waals surface area contributed by atoms with E-state index in [0.29, 0.717) is 17.4 Å². The molecule has 1 aromatic rings. The number of unbranched alkanes of at least 4 members (excludes halogenated alkanes) is 14. The maximum atomic E-state index is 11.8. The van der Waals surface area contributed by atoms with Crippen LogP contribution in [0.3, 0.4) is 0 Å². The number of halogens is 1. The normalized spacial score (nSPS) is 18.5. The molecule has 1 heterocycles. The highest BCUT2D eigenvalue weighted by atomic mass is 35.5. The predicted octanol–water partition coefficient (Wildman–Crippen LogP) is 13.3. The molecular weight excluding hydrogens is 680 g/mol. The van der Waals surface area contributed by atoms with E-state index < -0.39 is 11.9 Å². The number of para-hydroxylation sites is 1. The van der Waals surface area contributed by atoms with Gasteiger partial charge in [0.2, 0.25) is 0 Å². The van der Waals surface area contributed by atoms with Crippen molar-refractivity contribution in [2.24, 2.45) is 5.92 Å². The lowest BCUT2D eigenvalue weighted by Gasteiger charge is -2.35. The molecule has 0 aromatic heterocycles. The van der Waals surface area contributed by atoms with Gasteiger partial charge in [-0.25, -0.2) is 4.79 Å². The van der Waals surface area contributed by atoms with E-state index in [9.17, 15) is 20.0 Å². The van der Waals surface area contributed by atoms with E-state index in [-0.39, 0.29) is 17.4 Å². The summed E-state index contributed by atoms with van der Waals surface area (Å²) in [6, 6.07) is 10.9. The fourth-order valence-electron chi connectivity index (χ4n) is 8.40. The lowest BCUT2D eigenvalue weighted by atomic mass is 9.71. The Bertz CT molecular complexity index is 1470. The molecule has 1 aliphatic heterocycles. The van der Waals surface area contributed by atoms with Crippen LogP contribution in [0.1, 0.15) is 174 Å². The van der Waals surface area contributed by atoms with E-state index in [1.807, 2.05) is 6.07 Å². The Morgan fingerprint density at radius 2 is 1.42 bits per heavy atom. The van der Waals surface area contributed by atoms with Gasteiger partial charge in [-0.2, -0.15) is 5.26 Å². The van der Waals surface area contributed by atoms with E-state index in [0.717, 1.165) is 75.5 Å². The first-order valence-corrected chi connectivity index (χ1v) is 21.3. The average molecular weight is 748 g/mol. The van der Waals surface area contributed by atoms with E-state index in [1.54, 1.807) is 0 Å². The molecule has 1 atom stereocenters. The smallest absolute Gasteiger partial charge is 0.346 e. The Hall–Kier alpha value is -3.30. The molecule has 0 fully saturated rings. The van der Waals surface area contributed by atoms with Crippen LogP contribution in [0.15, 0.2) is 69.9 Å². The zero-order valence-corrected chi connectivity index (χ0v) is 33.8. The van der Waals surface area contributed by atoms with Crippen molar-refractivity contribution >= 4 is 29.2 Å². The van der Waals surface area contributed by atoms with Gasteiger partial charge in [0, 0.05) is 34.8 Å². The van der Waals surface area contributed by atoms with Gasteiger partial charge in [0.1, 0.15) is 11.6 Å². The number of benzene rings is 1. The molecule has 7 heteroatoms. The molecule has 6 nitrogen and oxygen atoms in total. The van der Waals surface area contributed by atoms with E-state index in [4.69, 9.17) is 16.7 Å². The first-order valence-electron chi connectivity index (χ1n) is 21.0. The summed E-state index contributed by atoms with van der Waals surface area (Å²) in [7, 11) is 0. The van der Waals surface area contributed by atoms with Gasteiger partial charge < -0.3 is 15.1 Å². The predicted molar refractivity (Wildman–Crippen MR) is 220 cm³/mol. The summed E-state index contributed by atoms with van der Waals surface area (Å²) in [6.45, 7) is 7.60. The molecule has 0 spiro atoms. The summed E-state index contributed by atoms with van der Waals surface area (Å²) in [5.74, 6) is -1.63. The zero-order valence-electron chi connectivity index (χ0n) is 33.1. The molecule has 0 saturated heterocycles. The highest BCUT2D eigenvalue weighted by Gasteiger charge is 2.45. The number of carboxylic acid groups (broad SMARTS) is 2. The van der Waals surface area contributed by atoms with Crippen LogP contribution in [0.5, 0.6) is 0 Å². The molecule has 53 heavy (non-hydrogen) atoms. The number of nitriles is 1. The van der Waals surface area contributed by atoms with Crippen molar-refractivity contribution in [3.8, 4) is 6.07 Å². The number of carbonyl (C=O) groups is 2. The van der Waals surface area contributed by atoms with Crippen LogP contribution < -0.4 is 4.90 Å². The van der Waals surface area contributed by atoms with Crippen LogP contribution >= 0.6 is 11.6 Å². The lowest BCUT2D eigenvalue weighted by Crippen LogP contribution is -2.32. The van der Waals surface area contributed by atoms with Gasteiger partial charge in [0.05, 0.1) is 0 Å². The first-order chi connectivity index (χ1) is 25.7. The fourth-order valence-corrected chi connectivity index (χ4v) is 8.67. The van der Waals surface area contributed by atoms with Gasteiger partial charge >= 0.3 is 11.9 Å². The van der Waals surface area contributed by atoms with Crippen molar-refractivity contribution in [3.05, 3.63) is 75.5 Å². The van der Waals surface area contributed by atoms with E-state index >= 15 is 0 Å². The number of nitrogens with zero attached hydrogens (tertiary/aromatic N) is 2. The van der Waals surface area contributed by atoms with E-state index in [1.165, 1.54) is 100 Å². The van der Waals surface area contributed by atoms with Crippen molar-refractivity contribution < 1.29 is 19.8 Å². The molecule has 0 saturated carbocycles. The highest BCUT2D eigenvalue weighted by molar-refractivity contribution is 6.32. The second-order valence-corrected chi connectivity index (χ2v) is 15.8. The topological polar surface area (TPSA) is 102 Å². The summed E-state index contributed by atoms with van der Waals surface area (Å²) in [5.41, 5.74) is 5.43. The second kappa shape index (κ2) is 24.2. The number of aliphatic carboxylic acids is 2. The van der Waals surface area contributed by atoms with Crippen molar-refractivity contribution in [1.29, 1.82) is 5.26 Å². The number of allylic oxidation sites excluding steroid dienone is 7. The summed E-state index contributed by atoms with van der Waals surface area (Å²) in [5, 5.41) is 28.8. The lowest BCUT2D eigenvalue weighted by molar-refractivity contribution is -0.137. The Kier molecular flexibility index (Phi) is 20.1. The molecule has 292 valence electrons. The molecule has 1 aliphatic carbocycles. The number of hydrogen-bond donors (Lipinski definition) is 2. The van der Waals surface area contributed by atoms with Gasteiger partial charge in [0.15, 0.2) is 0 Å². The first kappa shape index (κ1) is 44.1. The number of fused-ring (bicyclic) bond motifs is 1. The Balaban J connectivity index is 2.09. The molecule has 1 aromatic carbocycles. The minimum absolute atomic E-state index is 0.111. The van der Waals surface area contributed by atoms with Crippen LogP contribution in [-0.4, -0.2) is 28.7 Å². The van der Waals surface area contributed by atoms with Crippen LogP contribution in [-0.2, 0) is 15.0 Å². The third kappa shape index (κ3) is 13.5. The Labute approximate surface area is 326 Å². The summed E-state index contributed by atoms with van der Waals surface area (Å²) < 4.78 is 0. The molecule has 2 aliphatic rings. The minimum atomic E-state index is -1.23. The van der Waals surface area contributed by atoms with Crippen LogP contribution in [0, 0.1) is 17.2 Å². The fraction of sp³-hybridized carbons (Fsp3) is 0.630. The molecule has 0 radical (unpaired) electrons. The molecule has 0 amide bonds. The van der Waals surface area contributed by atoms with Crippen molar-refractivity contribution in [2.45, 2.75) is 174 Å². The SMILES string of the molecule is CCCCCCCCC1(CCCCCCCC)/C(=C\C=C2/CC(CC)CC(/C=C(\C#N)C(=O)O)=C2Cl)N(CCCCCCCC(=O)O)c2ccccc21. The minimum Gasteiger partial charge on any atom is -0.481 e. The van der Waals surface area contributed by atoms with Gasteiger partial charge in [0.25, 0.3) is 0 Å². The second-order valence-electron chi connectivity index (χ2n) is 15.4. The van der Waals surface area contributed by atoms with Crippen molar-refractivity contribution in [1.82, 2.24) is 0 Å². The van der Waals surface area contributed by atoms with Crippen molar-refractivity contribution in [2.75, 3.05) is 11.4 Å². The number of rotatable bonds is 26. The quantitative estimate of drug-likeness (QED) is 0.0556. The maximum absolute atomic E-state index is 11.8. The van der Waals surface area contributed by atoms with E-state index in [2.05, 4.69) is 62.1 Å². The maximum Gasteiger partial charge on any atom is 0.346 e. The third-order valence-corrected chi connectivity index (χ3v) is 11.9. The molecule has 1 unspecified atom stereocenters. The van der Waals surface area contributed by atoms with Crippen LogP contribution in [0.2, 0.25) is 0 Å². The van der Waals surface area contributed by atoms with Gasteiger partial charge in [-0.05, 0) is 79.4 Å². The summed E-state index contributed by atoms with van der Waals surface area (Å²) in [4.78, 5) is 25.4. The number of anilines is 1. The van der Waals surface area contributed by atoms with Gasteiger partial charge in [-0.1, -0.05) is 159 Å². The zero-order chi connectivity index (χ0) is 38.5. The highest BCUT2D eigenvalue weighted by Crippen LogP contribution is 2.54. The molecule has 2 N–H and O–H groups in total. The number of carboxylic acids is 2. The summed E-state index contributed by atoms with van der Waals surface area (Å²) in [6.07, 6.45) is 30.7. The van der Waals surface area contributed by atoms with Gasteiger partial charge in [-0.3, -0.25) is 4.79 Å². The molecular formula is C46H67ClN2O4. The Morgan fingerprint density at radius 1 is 0.830 bits per heavy atom. The average Bonchev–Trinajstić information content (AvgIpc) is 3.40. The molecule has 0 bridgehead atoms. The van der Waals surface area contributed by atoms with Crippen LogP contribution in [0.4, 0.5) is 5.69 Å². The number of hydrogen-bond acceptors (Lipinski definition) is 4. The van der Waals surface area contributed by atoms with Crippen molar-refractivity contribution in [3.63, 3.8) is 0 Å². The molecule has 3 rings (SSSR count). The standard InChI is InChI=1S/C46H67ClN2O4/c1-4-7-9-11-15-21-29-46(30-22-16-12-10-8-5-2)40-24-19-20-25-41(40)49(31-23-17-13-14-18-26-43(50)51)42(46)28-27-37-32-36(6-3)33-38(44(37)47)34-39(35-48)45(52)53/h19-20,24-25,27-28,34,36H,4-18,21-23,26,29-33H2,1-3H3,(H,50,51)(H,52,53)/b37-27+,39-34+,42-28+. The summed E-state index contributed by atoms with van der Waals surface area (Å²) >= 11 is 7.10. The Morgan fingerprint density at radius 3 is 2.00 bits per heavy atom. The monoisotopic (exact) mass is 746 g/mol.